The Bertz CT molecular complexity index is 1740. The van der Waals surface area contributed by atoms with E-state index < -0.39 is 67.3 Å². The highest BCUT2D eigenvalue weighted by molar-refractivity contribution is 5.74. The van der Waals surface area contributed by atoms with Gasteiger partial charge in [-0.25, -0.2) is 4.79 Å². The Kier molecular flexibility index (Phi) is 49.9. The first-order chi connectivity index (χ1) is 38.6. The van der Waals surface area contributed by atoms with E-state index in [1.54, 1.807) is 0 Å². The Morgan fingerprint density at radius 1 is 0.430 bits per heavy atom. The molecule has 1 saturated heterocycles. The molecular formula is C67H110O12. The van der Waals surface area contributed by atoms with Gasteiger partial charge in [0.2, 0.25) is 0 Å². The van der Waals surface area contributed by atoms with E-state index in [4.69, 9.17) is 23.7 Å². The molecule has 450 valence electrons. The molecule has 1 aliphatic heterocycles. The minimum Gasteiger partial charge on any atom is -0.479 e. The van der Waals surface area contributed by atoms with E-state index in [9.17, 15) is 34.5 Å². The lowest BCUT2D eigenvalue weighted by molar-refractivity contribution is -0.301. The highest BCUT2D eigenvalue weighted by Gasteiger charge is 2.50. The third kappa shape index (κ3) is 44.0. The fourth-order valence-corrected chi connectivity index (χ4v) is 8.83. The van der Waals surface area contributed by atoms with E-state index in [1.165, 1.54) is 57.8 Å². The number of aliphatic hydroxyl groups is 2. The summed E-state index contributed by atoms with van der Waals surface area (Å²) in [5.41, 5.74) is 0. The summed E-state index contributed by atoms with van der Waals surface area (Å²) in [5.74, 6) is -3.21. The first kappa shape index (κ1) is 72.7. The first-order valence-electron chi connectivity index (χ1n) is 31.2. The summed E-state index contributed by atoms with van der Waals surface area (Å²) in [4.78, 5) is 51.2. The Hall–Kier alpha value is -4.36. The molecule has 0 bridgehead atoms. The monoisotopic (exact) mass is 1110 g/mol. The maximum absolute atomic E-state index is 13.2. The van der Waals surface area contributed by atoms with Crippen molar-refractivity contribution in [1.82, 2.24) is 0 Å². The largest absolute Gasteiger partial charge is 0.479 e. The van der Waals surface area contributed by atoms with Gasteiger partial charge in [-0.2, -0.15) is 0 Å². The summed E-state index contributed by atoms with van der Waals surface area (Å²) < 4.78 is 28.4. The zero-order chi connectivity index (χ0) is 57.5. The molecule has 6 atom stereocenters. The maximum Gasteiger partial charge on any atom is 0.335 e. The summed E-state index contributed by atoms with van der Waals surface area (Å²) in [6.45, 7) is 5.81. The minimum absolute atomic E-state index is 0.0370. The van der Waals surface area contributed by atoms with Crippen LogP contribution in [0.5, 0.6) is 0 Å². The molecule has 1 heterocycles. The molecule has 0 saturated carbocycles. The van der Waals surface area contributed by atoms with Gasteiger partial charge < -0.3 is 39.0 Å². The number of allylic oxidation sites excluding steroid dienone is 16. The maximum atomic E-state index is 13.2. The summed E-state index contributed by atoms with van der Waals surface area (Å²) in [6, 6.07) is 0. The topological polar surface area (TPSA) is 175 Å². The number of unbranched alkanes of at least 4 members (excludes halogenated alkanes) is 22. The van der Waals surface area contributed by atoms with Crippen molar-refractivity contribution in [2.45, 2.75) is 289 Å². The normalized spacial score (nSPS) is 18.5. The van der Waals surface area contributed by atoms with Gasteiger partial charge in [0.05, 0.1) is 6.61 Å². The number of carbonyl (C=O) groups excluding carboxylic acids is 3. The van der Waals surface area contributed by atoms with Crippen LogP contribution in [0.25, 0.3) is 0 Å². The number of carbonyl (C=O) groups is 4. The van der Waals surface area contributed by atoms with E-state index in [0.29, 0.717) is 19.3 Å². The van der Waals surface area contributed by atoms with Crippen LogP contribution in [0, 0.1) is 0 Å². The molecule has 1 aliphatic rings. The van der Waals surface area contributed by atoms with Gasteiger partial charge in [-0.3, -0.25) is 14.4 Å². The van der Waals surface area contributed by atoms with Crippen LogP contribution >= 0.6 is 0 Å². The molecule has 12 heteroatoms. The number of aliphatic carboxylic acids is 1. The third-order valence-electron chi connectivity index (χ3n) is 13.6. The molecule has 12 nitrogen and oxygen atoms in total. The molecule has 1 rings (SSSR count). The van der Waals surface area contributed by atoms with E-state index in [1.807, 2.05) is 0 Å². The number of ether oxygens (including phenoxy) is 5. The molecule has 6 unspecified atom stereocenters. The van der Waals surface area contributed by atoms with Gasteiger partial charge in [0, 0.05) is 19.3 Å². The van der Waals surface area contributed by atoms with Crippen molar-refractivity contribution >= 4 is 23.9 Å². The molecule has 0 radical (unpaired) electrons. The lowest BCUT2D eigenvalue weighted by atomic mass is 9.98. The fraction of sp³-hybridized carbons (Fsp3) is 0.701. The molecule has 0 aromatic carbocycles. The lowest BCUT2D eigenvalue weighted by Gasteiger charge is -2.40. The predicted octanol–water partition coefficient (Wildman–Crippen LogP) is 16.5. The van der Waals surface area contributed by atoms with Crippen LogP contribution in [-0.2, 0) is 42.9 Å². The molecule has 3 N–H and O–H groups in total. The van der Waals surface area contributed by atoms with Gasteiger partial charge in [-0.1, -0.05) is 208 Å². The van der Waals surface area contributed by atoms with E-state index in [2.05, 4.69) is 118 Å². The average molecular weight is 1110 g/mol. The summed E-state index contributed by atoms with van der Waals surface area (Å²) in [6.07, 6.45) is 59.4. The zero-order valence-electron chi connectivity index (χ0n) is 49.6. The molecular weight excluding hydrogens is 997 g/mol. The Labute approximate surface area is 479 Å². The highest BCUT2D eigenvalue weighted by atomic mass is 16.7. The van der Waals surface area contributed by atoms with E-state index >= 15 is 0 Å². The van der Waals surface area contributed by atoms with Crippen LogP contribution < -0.4 is 0 Å². The molecule has 0 aromatic heterocycles. The molecule has 1 fully saturated rings. The SMILES string of the molecule is CC/C=C\C/C=C\C/C=C\C/C=C\CCCCC(=O)OCC(COC1OC(C(=O)O)C(O)C(O)C1OC(=O)CCCCCCCC/C=C\C/C=C\C/C=C\CCCCC)OC(=O)CCCCCCC/C=C\CCCCCCCC. The van der Waals surface area contributed by atoms with Gasteiger partial charge >= 0.3 is 23.9 Å². The third-order valence-corrected chi connectivity index (χ3v) is 13.6. The van der Waals surface area contributed by atoms with Crippen molar-refractivity contribution in [2.75, 3.05) is 13.2 Å². The standard InChI is InChI=1S/C67H110O12/c1-4-7-10-13-16-19-22-25-28-29-30-31-34-37-40-43-46-49-52-55-61(70)78-65-63(72)62(71)64(66(73)74)79-67(65)76-57-58(77-60(69)54-51-48-45-42-39-36-33-27-24-21-18-15-12-9-6-3)56-75-59(68)53-50-47-44-41-38-35-32-26-23-20-17-14-11-8-5-2/h8,11,16-17,19-20,25-28,30-33,38,41,58,62-65,67,71-72H,4-7,9-10,12-15,18,21-24,29,34-37,39-40,42-57H2,1-3H3,(H,73,74)/b11-8-,19-16-,20-17-,28-25-,31-30-,32-26-,33-27-,41-38-. The fourth-order valence-electron chi connectivity index (χ4n) is 8.83. The van der Waals surface area contributed by atoms with E-state index in [0.717, 1.165) is 135 Å². The molecule has 0 aliphatic carbocycles. The summed E-state index contributed by atoms with van der Waals surface area (Å²) in [7, 11) is 0. The molecule has 79 heavy (non-hydrogen) atoms. The van der Waals surface area contributed by atoms with Crippen molar-refractivity contribution in [3.8, 4) is 0 Å². The second-order valence-corrected chi connectivity index (χ2v) is 20.9. The van der Waals surface area contributed by atoms with Gasteiger partial charge in [0.25, 0.3) is 0 Å². The number of hydrogen-bond donors (Lipinski definition) is 3. The van der Waals surface area contributed by atoms with E-state index in [-0.39, 0.29) is 25.9 Å². The van der Waals surface area contributed by atoms with Crippen molar-refractivity contribution < 1.29 is 58.2 Å². The van der Waals surface area contributed by atoms with Crippen LogP contribution in [0.3, 0.4) is 0 Å². The van der Waals surface area contributed by atoms with Crippen molar-refractivity contribution in [3.05, 3.63) is 97.2 Å². The van der Waals surface area contributed by atoms with Crippen molar-refractivity contribution in [3.63, 3.8) is 0 Å². The van der Waals surface area contributed by atoms with Crippen molar-refractivity contribution in [2.24, 2.45) is 0 Å². The second-order valence-electron chi connectivity index (χ2n) is 20.9. The average Bonchev–Trinajstić information content (AvgIpc) is 3.46. The van der Waals surface area contributed by atoms with Gasteiger partial charge in [-0.15, -0.1) is 0 Å². The second kappa shape index (κ2) is 54.2. The van der Waals surface area contributed by atoms with Crippen molar-refractivity contribution in [1.29, 1.82) is 0 Å². The Morgan fingerprint density at radius 2 is 0.797 bits per heavy atom. The van der Waals surface area contributed by atoms with Crippen LogP contribution in [0.4, 0.5) is 0 Å². The van der Waals surface area contributed by atoms with Gasteiger partial charge in [-0.05, 0) is 122 Å². The Balaban J connectivity index is 2.71. The number of esters is 3. The molecule has 0 spiro atoms. The molecule has 0 aromatic rings. The number of aliphatic hydroxyl groups excluding tert-OH is 2. The summed E-state index contributed by atoms with van der Waals surface area (Å²) >= 11 is 0. The van der Waals surface area contributed by atoms with Gasteiger partial charge in [0.15, 0.2) is 24.6 Å². The first-order valence-corrected chi connectivity index (χ1v) is 31.2. The lowest BCUT2D eigenvalue weighted by Crippen LogP contribution is -2.61. The van der Waals surface area contributed by atoms with Crippen LogP contribution in [-0.4, -0.2) is 89.2 Å². The zero-order valence-corrected chi connectivity index (χ0v) is 49.6. The predicted molar refractivity (Wildman–Crippen MR) is 321 cm³/mol. The smallest absolute Gasteiger partial charge is 0.335 e. The number of carboxylic acid groups (broad SMARTS) is 1. The van der Waals surface area contributed by atoms with Crippen LogP contribution in [0.1, 0.15) is 252 Å². The number of rotatable bonds is 52. The minimum atomic E-state index is -1.92. The quantitative estimate of drug-likeness (QED) is 0.0228. The number of hydrogen-bond acceptors (Lipinski definition) is 11. The van der Waals surface area contributed by atoms with Crippen LogP contribution in [0.15, 0.2) is 97.2 Å². The Morgan fingerprint density at radius 3 is 1.28 bits per heavy atom. The highest BCUT2D eigenvalue weighted by Crippen LogP contribution is 2.26. The van der Waals surface area contributed by atoms with Crippen LogP contribution in [0.2, 0.25) is 0 Å². The van der Waals surface area contributed by atoms with Gasteiger partial charge in [0.1, 0.15) is 18.8 Å². The molecule has 0 amide bonds. The summed E-state index contributed by atoms with van der Waals surface area (Å²) in [5, 5.41) is 31.6. The number of carboxylic acids is 1.